The minimum absolute atomic E-state index is 0.437. The van der Waals surface area contributed by atoms with Gasteiger partial charge < -0.3 is 35.2 Å². The van der Waals surface area contributed by atoms with Crippen LogP contribution in [0.1, 0.15) is 11.7 Å². The summed E-state index contributed by atoms with van der Waals surface area (Å²) in [5, 5.41) is 42.1. The number of hydrogen-bond acceptors (Lipinski definition) is 7. The Labute approximate surface area is 121 Å². The molecule has 0 saturated carbocycles. The number of hydrogen-bond donors (Lipinski definition) is 5. The average Bonchev–Trinajstić information content (AvgIpc) is 2.52. The van der Waals surface area contributed by atoms with Crippen LogP contribution in [0.5, 0.6) is 5.75 Å². The van der Waals surface area contributed by atoms with Gasteiger partial charge in [-0.05, 0) is 17.7 Å². The minimum atomic E-state index is -1.37. The first kappa shape index (κ1) is 14.6. The van der Waals surface area contributed by atoms with E-state index in [9.17, 15) is 20.4 Å². The van der Waals surface area contributed by atoms with Gasteiger partial charge in [0.1, 0.15) is 42.9 Å². The molecular formula is C14H19NO6. The van der Waals surface area contributed by atoms with Gasteiger partial charge in [0.2, 0.25) is 0 Å². The maximum absolute atomic E-state index is 10.1. The van der Waals surface area contributed by atoms with Crippen molar-refractivity contribution in [2.75, 3.05) is 25.1 Å². The molecule has 5 N–H and O–H groups in total. The Balaban J connectivity index is 1.88. The molecule has 1 fully saturated rings. The lowest BCUT2D eigenvalue weighted by atomic mass is 9.91. The average molecular weight is 297 g/mol. The van der Waals surface area contributed by atoms with Crippen LogP contribution >= 0.6 is 0 Å². The van der Waals surface area contributed by atoms with Gasteiger partial charge in [-0.3, -0.25) is 0 Å². The van der Waals surface area contributed by atoms with E-state index in [1.807, 2.05) is 0 Å². The number of aliphatic hydroxyl groups excluding tert-OH is 4. The van der Waals surface area contributed by atoms with Crippen LogP contribution in [0.4, 0.5) is 5.69 Å². The SMILES string of the molecule is OCC1O[C@@H](c2ccc3c(c2)NCCO3)[C@H](O)[C@@H](O)C1O. The molecule has 116 valence electrons. The predicted molar refractivity (Wildman–Crippen MR) is 73.1 cm³/mol. The molecule has 3 rings (SSSR count). The summed E-state index contributed by atoms with van der Waals surface area (Å²) in [6.07, 6.45) is -5.73. The van der Waals surface area contributed by atoms with Crippen molar-refractivity contribution in [2.45, 2.75) is 30.5 Å². The summed E-state index contributed by atoms with van der Waals surface area (Å²) in [5.74, 6) is 0.717. The van der Waals surface area contributed by atoms with Gasteiger partial charge in [0.25, 0.3) is 0 Å². The highest BCUT2D eigenvalue weighted by molar-refractivity contribution is 5.59. The summed E-state index contributed by atoms with van der Waals surface area (Å²) in [6, 6.07) is 5.28. The van der Waals surface area contributed by atoms with Crippen molar-refractivity contribution in [3.8, 4) is 5.75 Å². The van der Waals surface area contributed by atoms with Gasteiger partial charge in [0.15, 0.2) is 0 Å². The fourth-order valence-electron chi connectivity index (χ4n) is 2.71. The molecule has 1 aromatic rings. The number of fused-ring (bicyclic) bond motifs is 1. The molecule has 0 aliphatic carbocycles. The molecule has 2 unspecified atom stereocenters. The fraction of sp³-hybridized carbons (Fsp3) is 0.571. The van der Waals surface area contributed by atoms with E-state index in [1.165, 1.54) is 0 Å². The Bertz CT molecular complexity index is 508. The molecule has 0 aromatic heterocycles. The number of nitrogens with one attached hydrogen (secondary N) is 1. The van der Waals surface area contributed by atoms with Crippen LogP contribution in [-0.2, 0) is 4.74 Å². The topological polar surface area (TPSA) is 111 Å². The van der Waals surface area contributed by atoms with E-state index in [4.69, 9.17) is 9.47 Å². The second-order valence-corrected chi connectivity index (χ2v) is 5.28. The van der Waals surface area contributed by atoms with Crippen LogP contribution in [0.3, 0.4) is 0 Å². The molecule has 1 aromatic carbocycles. The molecule has 2 aliphatic heterocycles. The van der Waals surface area contributed by atoms with Crippen molar-refractivity contribution < 1.29 is 29.9 Å². The maximum Gasteiger partial charge on any atom is 0.142 e. The van der Waals surface area contributed by atoms with Crippen LogP contribution in [0, 0.1) is 0 Å². The zero-order valence-corrected chi connectivity index (χ0v) is 11.3. The first-order chi connectivity index (χ1) is 10.1. The number of rotatable bonds is 2. The summed E-state index contributed by atoms with van der Waals surface area (Å²) >= 11 is 0. The molecule has 7 nitrogen and oxygen atoms in total. The van der Waals surface area contributed by atoms with Gasteiger partial charge in [-0.2, -0.15) is 0 Å². The molecule has 0 bridgehead atoms. The van der Waals surface area contributed by atoms with Crippen molar-refractivity contribution in [1.82, 2.24) is 0 Å². The number of anilines is 1. The highest BCUT2D eigenvalue weighted by Gasteiger charge is 2.44. The Morgan fingerprint density at radius 1 is 1.14 bits per heavy atom. The molecule has 7 heteroatoms. The third-order valence-electron chi connectivity index (χ3n) is 3.90. The van der Waals surface area contributed by atoms with Gasteiger partial charge in [-0.15, -0.1) is 0 Å². The van der Waals surface area contributed by atoms with Gasteiger partial charge >= 0.3 is 0 Å². The summed E-state index contributed by atoms with van der Waals surface area (Å²) < 4.78 is 11.0. The van der Waals surface area contributed by atoms with Crippen molar-refractivity contribution >= 4 is 5.69 Å². The third-order valence-corrected chi connectivity index (χ3v) is 3.90. The lowest BCUT2D eigenvalue weighted by Crippen LogP contribution is -2.55. The predicted octanol–water partition coefficient (Wildman–Crippen LogP) is -0.994. The maximum atomic E-state index is 10.1. The van der Waals surface area contributed by atoms with Gasteiger partial charge in [0, 0.05) is 6.54 Å². The lowest BCUT2D eigenvalue weighted by molar-refractivity contribution is -0.231. The molecule has 0 amide bonds. The highest BCUT2D eigenvalue weighted by Crippen LogP contribution is 2.36. The smallest absolute Gasteiger partial charge is 0.142 e. The molecule has 0 spiro atoms. The van der Waals surface area contributed by atoms with E-state index in [0.29, 0.717) is 18.7 Å². The second-order valence-electron chi connectivity index (χ2n) is 5.28. The second kappa shape index (κ2) is 5.78. The zero-order valence-electron chi connectivity index (χ0n) is 11.3. The van der Waals surface area contributed by atoms with Crippen LogP contribution in [0.2, 0.25) is 0 Å². The van der Waals surface area contributed by atoms with Crippen LogP contribution < -0.4 is 10.1 Å². The number of ether oxygens (including phenoxy) is 2. The summed E-state index contributed by atoms with van der Waals surface area (Å²) in [6.45, 7) is 0.839. The first-order valence-corrected chi connectivity index (χ1v) is 6.93. The monoisotopic (exact) mass is 297 g/mol. The van der Waals surface area contributed by atoms with E-state index in [0.717, 1.165) is 11.4 Å². The summed E-state index contributed by atoms with van der Waals surface area (Å²) in [4.78, 5) is 0. The largest absolute Gasteiger partial charge is 0.490 e. The summed E-state index contributed by atoms with van der Waals surface area (Å²) in [5.41, 5.74) is 1.43. The third kappa shape index (κ3) is 2.58. The standard InChI is InChI=1S/C14H19NO6/c16-6-10-11(17)12(18)13(19)14(21-10)7-1-2-9-8(5-7)15-3-4-20-9/h1-2,5,10-19H,3-4,6H2/t10?,11?,12-,13+,14-/m0/s1. The van der Waals surface area contributed by atoms with Gasteiger partial charge in [-0.25, -0.2) is 0 Å². The Hall–Kier alpha value is -1.38. The molecule has 2 heterocycles. The first-order valence-electron chi connectivity index (χ1n) is 6.93. The van der Waals surface area contributed by atoms with Crippen molar-refractivity contribution in [2.24, 2.45) is 0 Å². The van der Waals surface area contributed by atoms with Gasteiger partial charge in [0.05, 0.1) is 12.3 Å². The van der Waals surface area contributed by atoms with Crippen LogP contribution in [0.25, 0.3) is 0 Å². The normalized spacial score (nSPS) is 35.5. The Morgan fingerprint density at radius 2 is 1.95 bits per heavy atom. The van der Waals surface area contributed by atoms with E-state index >= 15 is 0 Å². The molecule has 2 aliphatic rings. The molecule has 1 saturated heterocycles. The van der Waals surface area contributed by atoms with Crippen molar-refractivity contribution in [1.29, 1.82) is 0 Å². The van der Waals surface area contributed by atoms with E-state index in [2.05, 4.69) is 5.32 Å². The zero-order chi connectivity index (χ0) is 15.0. The highest BCUT2D eigenvalue weighted by atomic mass is 16.5. The van der Waals surface area contributed by atoms with E-state index in [1.54, 1.807) is 18.2 Å². The summed E-state index contributed by atoms with van der Waals surface area (Å²) in [7, 11) is 0. The quantitative estimate of drug-likeness (QED) is 0.476. The molecular weight excluding hydrogens is 278 g/mol. The van der Waals surface area contributed by atoms with Crippen molar-refractivity contribution in [3.63, 3.8) is 0 Å². The molecule has 5 atom stereocenters. The number of benzene rings is 1. The Kier molecular flexibility index (Phi) is 4.01. The minimum Gasteiger partial charge on any atom is -0.490 e. The van der Waals surface area contributed by atoms with Crippen LogP contribution in [0.15, 0.2) is 18.2 Å². The molecule has 21 heavy (non-hydrogen) atoms. The van der Waals surface area contributed by atoms with Gasteiger partial charge in [-0.1, -0.05) is 6.07 Å². The number of aliphatic hydroxyl groups is 4. The van der Waals surface area contributed by atoms with Crippen molar-refractivity contribution in [3.05, 3.63) is 23.8 Å². The molecule has 0 radical (unpaired) electrons. The fourth-order valence-corrected chi connectivity index (χ4v) is 2.71. The lowest BCUT2D eigenvalue weighted by Gasteiger charge is -2.40. The van der Waals surface area contributed by atoms with Crippen LogP contribution in [-0.4, -0.2) is 64.6 Å². The van der Waals surface area contributed by atoms with E-state index < -0.39 is 37.1 Å². The van der Waals surface area contributed by atoms with E-state index in [-0.39, 0.29) is 0 Å². The Morgan fingerprint density at radius 3 is 2.71 bits per heavy atom.